The Balaban J connectivity index is 0.00000200. The van der Waals surface area contributed by atoms with Crippen LogP contribution in [0.1, 0.15) is 19.3 Å². The summed E-state index contributed by atoms with van der Waals surface area (Å²) in [7, 11) is 0. The standard InChI is InChI=1S/C13H16Cl2N2O2.ClH/c14-10-5-9(6-11(15)13(10)19)17-12(18)2-1-8-3-4-16-7-8;/h5-6,8,16,19H,1-4,7H2,(H,17,18);1H. The summed E-state index contributed by atoms with van der Waals surface area (Å²) in [5.74, 6) is 0.348. The molecule has 0 aliphatic carbocycles. The van der Waals surface area contributed by atoms with E-state index in [1.807, 2.05) is 0 Å². The Kier molecular flexibility index (Phi) is 6.89. The number of anilines is 1. The van der Waals surface area contributed by atoms with Crippen LogP contribution in [-0.2, 0) is 4.79 Å². The highest BCUT2D eigenvalue weighted by molar-refractivity contribution is 6.37. The van der Waals surface area contributed by atoms with Gasteiger partial charge in [-0.15, -0.1) is 12.4 Å². The number of halogens is 3. The SMILES string of the molecule is Cl.O=C(CCC1CCNC1)Nc1cc(Cl)c(O)c(Cl)c1. The summed E-state index contributed by atoms with van der Waals surface area (Å²) < 4.78 is 0. The molecule has 0 radical (unpaired) electrons. The van der Waals surface area contributed by atoms with E-state index in [9.17, 15) is 9.90 Å². The monoisotopic (exact) mass is 338 g/mol. The van der Waals surface area contributed by atoms with Gasteiger partial charge in [0.25, 0.3) is 0 Å². The van der Waals surface area contributed by atoms with E-state index < -0.39 is 0 Å². The van der Waals surface area contributed by atoms with Crippen LogP contribution in [0.5, 0.6) is 5.75 Å². The summed E-state index contributed by atoms with van der Waals surface area (Å²) in [4.78, 5) is 11.8. The number of phenols is 1. The minimum Gasteiger partial charge on any atom is -0.505 e. The summed E-state index contributed by atoms with van der Waals surface area (Å²) in [5, 5.41) is 15.7. The topological polar surface area (TPSA) is 61.4 Å². The van der Waals surface area contributed by atoms with E-state index in [1.54, 1.807) is 0 Å². The molecule has 0 spiro atoms. The number of carbonyl (C=O) groups is 1. The quantitative estimate of drug-likeness (QED) is 0.736. The molecule has 1 heterocycles. The van der Waals surface area contributed by atoms with Crippen LogP contribution in [0.15, 0.2) is 12.1 Å². The Bertz CT molecular complexity index is 454. The van der Waals surface area contributed by atoms with Crippen molar-refractivity contribution in [3.8, 4) is 5.75 Å². The lowest BCUT2D eigenvalue weighted by Gasteiger charge is -2.10. The molecular weight excluding hydrogens is 323 g/mol. The molecule has 3 N–H and O–H groups in total. The highest BCUT2D eigenvalue weighted by atomic mass is 35.5. The van der Waals surface area contributed by atoms with Crippen molar-refractivity contribution in [2.24, 2.45) is 5.92 Å². The fourth-order valence-corrected chi connectivity index (χ4v) is 2.64. The molecule has 1 unspecified atom stereocenters. The number of rotatable bonds is 4. The summed E-state index contributed by atoms with van der Waals surface area (Å²) in [6.45, 7) is 2.03. The van der Waals surface area contributed by atoms with Crippen LogP contribution in [0.4, 0.5) is 5.69 Å². The molecule has 0 saturated carbocycles. The number of aromatic hydroxyl groups is 1. The average molecular weight is 340 g/mol. The van der Waals surface area contributed by atoms with Crippen molar-refractivity contribution in [1.29, 1.82) is 0 Å². The maximum absolute atomic E-state index is 11.8. The van der Waals surface area contributed by atoms with Crippen molar-refractivity contribution in [3.63, 3.8) is 0 Å². The van der Waals surface area contributed by atoms with Gasteiger partial charge in [-0.3, -0.25) is 4.79 Å². The van der Waals surface area contributed by atoms with E-state index in [0.717, 1.165) is 25.9 Å². The summed E-state index contributed by atoms with van der Waals surface area (Å²) in [6.07, 6.45) is 2.48. The van der Waals surface area contributed by atoms with Crippen LogP contribution in [0.25, 0.3) is 0 Å². The highest BCUT2D eigenvalue weighted by Crippen LogP contribution is 2.34. The first-order chi connectivity index (χ1) is 9.06. The van der Waals surface area contributed by atoms with Crippen LogP contribution >= 0.6 is 35.6 Å². The molecule has 1 amide bonds. The molecular formula is C13H17Cl3N2O2. The van der Waals surface area contributed by atoms with E-state index in [1.165, 1.54) is 12.1 Å². The third-order valence-corrected chi connectivity index (χ3v) is 3.82. The molecule has 112 valence electrons. The van der Waals surface area contributed by atoms with Gasteiger partial charge in [0.1, 0.15) is 0 Å². The van der Waals surface area contributed by atoms with E-state index in [4.69, 9.17) is 23.2 Å². The number of nitrogens with one attached hydrogen (secondary N) is 2. The first kappa shape index (κ1) is 17.4. The summed E-state index contributed by atoms with van der Waals surface area (Å²) >= 11 is 11.6. The zero-order chi connectivity index (χ0) is 13.8. The van der Waals surface area contributed by atoms with Gasteiger partial charge < -0.3 is 15.7 Å². The molecule has 0 aromatic heterocycles. The smallest absolute Gasteiger partial charge is 0.224 e. The van der Waals surface area contributed by atoms with Crippen LogP contribution in [-0.4, -0.2) is 24.1 Å². The number of carbonyl (C=O) groups excluding carboxylic acids is 1. The maximum Gasteiger partial charge on any atom is 0.224 e. The van der Waals surface area contributed by atoms with Gasteiger partial charge in [0.2, 0.25) is 5.91 Å². The molecule has 2 rings (SSSR count). The second kappa shape index (κ2) is 7.93. The van der Waals surface area contributed by atoms with Crippen LogP contribution < -0.4 is 10.6 Å². The second-order valence-corrected chi connectivity index (χ2v) is 5.55. The van der Waals surface area contributed by atoms with E-state index in [-0.39, 0.29) is 34.1 Å². The molecule has 4 nitrogen and oxygen atoms in total. The lowest BCUT2D eigenvalue weighted by atomic mass is 10.0. The molecule has 1 aromatic rings. The molecule has 1 fully saturated rings. The highest BCUT2D eigenvalue weighted by Gasteiger charge is 2.16. The molecule has 0 bridgehead atoms. The van der Waals surface area contributed by atoms with E-state index in [2.05, 4.69) is 10.6 Å². The van der Waals surface area contributed by atoms with Crippen LogP contribution in [0.2, 0.25) is 10.0 Å². The number of hydrogen-bond acceptors (Lipinski definition) is 3. The Morgan fingerprint density at radius 1 is 1.40 bits per heavy atom. The normalized spacial score (nSPS) is 17.6. The summed E-state index contributed by atoms with van der Waals surface area (Å²) in [5.41, 5.74) is 0.502. The van der Waals surface area contributed by atoms with E-state index >= 15 is 0 Å². The van der Waals surface area contributed by atoms with Gasteiger partial charge in [0, 0.05) is 12.1 Å². The minimum atomic E-state index is -0.168. The molecule has 1 aliphatic rings. The zero-order valence-electron chi connectivity index (χ0n) is 10.8. The van der Waals surface area contributed by atoms with Crippen LogP contribution in [0, 0.1) is 5.92 Å². The molecule has 1 saturated heterocycles. The van der Waals surface area contributed by atoms with Gasteiger partial charge in [-0.25, -0.2) is 0 Å². The number of benzene rings is 1. The molecule has 20 heavy (non-hydrogen) atoms. The van der Waals surface area contributed by atoms with Gasteiger partial charge in [-0.05, 0) is 44.0 Å². The van der Waals surface area contributed by atoms with Crippen molar-refractivity contribution in [2.75, 3.05) is 18.4 Å². The molecule has 1 aromatic carbocycles. The largest absolute Gasteiger partial charge is 0.505 e. The first-order valence-corrected chi connectivity index (χ1v) is 7.00. The van der Waals surface area contributed by atoms with E-state index in [0.29, 0.717) is 18.0 Å². The van der Waals surface area contributed by atoms with Crippen molar-refractivity contribution in [2.45, 2.75) is 19.3 Å². The minimum absolute atomic E-state index is 0. The first-order valence-electron chi connectivity index (χ1n) is 6.25. The Morgan fingerprint density at radius 3 is 2.60 bits per heavy atom. The number of amides is 1. The van der Waals surface area contributed by atoms with Crippen molar-refractivity contribution < 1.29 is 9.90 Å². The fraction of sp³-hybridized carbons (Fsp3) is 0.462. The number of hydrogen-bond donors (Lipinski definition) is 3. The molecule has 1 aliphatic heterocycles. The predicted molar refractivity (Wildman–Crippen MR) is 84.2 cm³/mol. The van der Waals surface area contributed by atoms with Gasteiger partial charge in [-0.1, -0.05) is 23.2 Å². The van der Waals surface area contributed by atoms with Crippen molar-refractivity contribution >= 4 is 47.2 Å². The van der Waals surface area contributed by atoms with Crippen LogP contribution in [0.3, 0.4) is 0 Å². The maximum atomic E-state index is 11.8. The van der Waals surface area contributed by atoms with Gasteiger partial charge in [-0.2, -0.15) is 0 Å². The van der Waals surface area contributed by atoms with Crippen molar-refractivity contribution in [3.05, 3.63) is 22.2 Å². The lowest BCUT2D eigenvalue weighted by Crippen LogP contribution is -2.15. The van der Waals surface area contributed by atoms with Gasteiger partial charge >= 0.3 is 0 Å². The molecule has 7 heteroatoms. The van der Waals surface area contributed by atoms with Crippen molar-refractivity contribution in [1.82, 2.24) is 5.32 Å². The Hall–Kier alpha value is -0.680. The van der Waals surface area contributed by atoms with Gasteiger partial charge in [0.05, 0.1) is 10.0 Å². The fourth-order valence-electron chi connectivity index (χ4n) is 2.16. The van der Waals surface area contributed by atoms with Gasteiger partial charge in [0.15, 0.2) is 5.75 Å². The third kappa shape index (κ3) is 4.70. The lowest BCUT2D eigenvalue weighted by molar-refractivity contribution is -0.116. The average Bonchev–Trinajstić information content (AvgIpc) is 2.86. The Morgan fingerprint density at radius 2 is 2.05 bits per heavy atom. The number of phenolic OH excluding ortho intramolecular Hbond substituents is 1. The third-order valence-electron chi connectivity index (χ3n) is 3.24. The molecule has 1 atom stereocenters. The predicted octanol–water partition coefficient (Wildman–Crippen LogP) is 3.45. The zero-order valence-corrected chi connectivity index (χ0v) is 13.1. The summed E-state index contributed by atoms with van der Waals surface area (Å²) in [6, 6.07) is 2.97. The Labute approximate surface area is 134 Å². The second-order valence-electron chi connectivity index (χ2n) is 4.73.